The average molecular weight is 491 g/mol. The number of anilines is 3. The molecule has 5 rings (SSSR count). The Hall–Kier alpha value is -3.23. The Kier molecular flexibility index (Phi) is 6.34. The zero-order valence-corrected chi connectivity index (χ0v) is 20.5. The quantitative estimate of drug-likeness (QED) is 0.541. The van der Waals surface area contributed by atoms with Crippen molar-refractivity contribution in [2.45, 2.75) is 9.79 Å². The van der Waals surface area contributed by atoms with Gasteiger partial charge in [-0.15, -0.1) is 11.8 Å². The molecule has 2 aromatic carbocycles. The van der Waals surface area contributed by atoms with Crippen LogP contribution in [0.2, 0.25) is 0 Å². The van der Waals surface area contributed by atoms with E-state index in [-0.39, 0.29) is 0 Å². The summed E-state index contributed by atoms with van der Waals surface area (Å²) in [6, 6.07) is 19.5. The van der Waals surface area contributed by atoms with Gasteiger partial charge in [0, 0.05) is 47.5 Å². The van der Waals surface area contributed by atoms with Crippen molar-refractivity contribution >= 4 is 38.7 Å². The van der Waals surface area contributed by atoms with Gasteiger partial charge in [0.25, 0.3) is 0 Å². The molecule has 0 spiro atoms. The van der Waals surface area contributed by atoms with Crippen LogP contribution in [-0.2, 0) is 9.84 Å². The summed E-state index contributed by atoms with van der Waals surface area (Å²) in [6.45, 7) is 2.24. The zero-order valence-electron chi connectivity index (χ0n) is 18.9. The molecule has 0 atom stereocenters. The Labute approximate surface area is 204 Å². The molecule has 0 saturated carbocycles. The summed E-state index contributed by atoms with van der Waals surface area (Å²) in [5.74, 6) is 2.10. The lowest BCUT2D eigenvalue weighted by Crippen LogP contribution is -2.39. The summed E-state index contributed by atoms with van der Waals surface area (Å²) in [5.41, 5.74) is 4.03. The summed E-state index contributed by atoms with van der Waals surface area (Å²) in [4.78, 5) is 10.4. The third kappa shape index (κ3) is 4.69. The number of dihydropyridines is 1. The van der Waals surface area contributed by atoms with Gasteiger partial charge in [-0.1, -0.05) is 30.4 Å². The number of fused-ring (bicyclic) bond motifs is 1. The first-order chi connectivity index (χ1) is 16.5. The lowest BCUT2D eigenvalue weighted by atomic mass is 10.1. The minimum absolute atomic E-state index is 0.299. The van der Waals surface area contributed by atoms with Crippen molar-refractivity contribution in [3.63, 3.8) is 0 Å². The highest BCUT2D eigenvalue weighted by Gasteiger charge is 2.25. The Balaban J connectivity index is 1.58. The molecule has 6 nitrogen and oxygen atoms in total. The van der Waals surface area contributed by atoms with Crippen LogP contribution in [0.3, 0.4) is 0 Å². The first-order valence-corrected chi connectivity index (χ1v) is 14.0. The van der Waals surface area contributed by atoms with Gasteiger partial charge in [-0.25, -0.2) is 8.42 Å². The van der Waals surface area contributed by atoms with E-state index in [9.17, 15) is 8.42 Å². The Bertz CT molecular complexity index is 1350. The maximum atomic E-state index is 12.2. The standard InChI is InChI=1S/C26H26N4O2S2/c1-34(31,32)23-10-4-8-21(17-23)30(22-9-6-13-27-18-22)19-20-7-5-14-28-26(20)29-15-16-33-25-12-3-2-11-24(25)29/h2-13,17-18,28H,14-16,19H2,1H3. The van der Waals surface area contributed by atoms with Crippen LogP contribution in [0.25, 0.3) is 0 Å². The van der Waals surface area contributed by atoms with Crippen LogP contribution in [0.5, 0.6) is 0 Å². The number of para-hydroxylation sites is 1. The Morgan fingerprint density at radius 3 is 2.76 bits per heavy atom. The summed E-state index contributed by atoms with van der Waals surface area (Å²) < 4.78 is 24.5. The predicted molar refractivity (Wildman–Crippen MR) is 139 cm³/mol. The minimum Gasteiger partial charge on any atom is -0.368 e. The van der Waals surface area contributed by atoms with Crippen LogP contribution in [0.15, 0.2) is 106 Å². The molecule has 0 aliphatic carbocycles. The topological polar surface area (TPSA) is 65.5 Å². The van der Waals surface area contributed by atoms with Crippen molar-refractivity contribution in [1.82, 2.24) is 10.3 Å². The second-order valence-corrected chi connectivity index (χ2v) is 11.3. The van der Waals surface area contributed by atoms with E-state index >= 15 is 0 Å². The SMILES string of the molecule is CS(=O)(=O)c1cccc(N(CC2=C(N3CCSc4ccccc43)NCC=C2)c2cccnc2)c1. The monoisotopic (exact) mass is 490 g/mol. The molecule has 0 saturated heterocycles. The van der Waals surface area contributed by atoms with Gasteiger partial charge in [0.2, 0.25) is 0 Å². The molecule has 0 unspecified atom stereocenters. The van der Waals surface area contributed by atoms with Gasteiger partial charge in [-0.2, -0.15) is 0 Å². The van der Waals surface area contributed by atoms with Crippen molar-refractivity contribution in [1.29, 1.82) is 0 Å². The molecule has 0 radical (unpaired) electrons. The lowest BCUT2D eigenvalue weighted by molar-refractivity contribution is 0.602. The van der Waals surface area contributed by atoms with Gasteiger partial charge in [0.05, 0.1) is 29.0 Å². The fourth-order valence-corrected chi connectivity index (χ4v) is 5.90. The molecule has 2 aliphatic heterocycles. The van der Waals surface area contributed by atoms with Gasteiger partial charge in [0.1, 0.15) is 5.82 Å². The summed E-state index contributed by atoms with van der Waals surface area (Å²) in [7, 11) is -3.33. The largest absolute Gasteiger partial charge is 0.368 e. The minimum atomic E-state index is -3.33. The van der Waals surface area contributed by atoms with Gasteiger partial charge >= 0.3 is 0 Å². The molecular formula is C26H26N4O2S2. The van der Waals surface area contributed by atoms with E-state index in [0.717, 1.165) is 41.6 Å². The van der Waals surface area contributed by atoms with Crippen LogP contribution in [0.4, 0.5) is 17.1 Å². The molecule has 0 amide bonds. The zero-order chi connectivity index (χ0) is 23.5. The van der Waals surface area contributed by atoms with Gasteiger partial charge in [0.15, 0.2) is 9.84 Å². The number of nitrogens with one attached hydrogen (secondary N) is 1. The normalized spacial score (nSPS) is 15.6. The highest BCUT2D eigenvalue weighted by atomic mass is 32.2. The van der Waals surface area contributed by atoms with Crippen molar-refractivity contribution in [2.24, 2.45) is 0 Å². The molecular weight excluding hydrogens is 464 g/mol. The second kappa shape index (κ2) is 9.56. The smallest absolute Gasteiger partial charge is 0.175 e. The summed E-state index contributed by atoms with van der Waals surface area (Å²) in [6.07, 6.45) is 9.07. The number of hydrogen-bond donors (Lipinski definition) is 1. The lowest BCUT2D eigenvalue weighted by Gasteiger charge is -2.36. The molecule has 1 N–H and O–H groups in total. The van der Waals surface area contributed by atoms with E-state index in [0.29, 0.717) is 11.4 Å². The first-order valence-electron chi connectivity index (χ1n) is 11.1. The maximum absolute atomic E-state index is 12.2. The van der Waals surface area contributed by atoms with E-state index in [1.54, 1.807) is 30.6 Å². The van der Waals surface area contributed by atoms with Crippen molar-refractivity contribution in [3.8, 4) is 0 Å². The van der Waals surface area contributed by atoms with Crippen LogP contribution in [0.1, 0.15) is 0 Å². The summed E-state index contributed by atoms with van der Waals surface area (Å²) in [5, 5.41) is 3.60. The number of nitrogens with zero attached hydrogens (tertiary/aromatic N) is 3. The number of benzene rings is 2. The number of rotatable bonds is 6. The molecule has 0 bridgehead atoms. The van der Waals surface area contributed by atoms with Crippen LogP contribution in [0, 0.1) is 0 Å². The molecule has 2 aliphatic rings. The Morgan fingerprint density at radius 1 is 1.09 bits per heavy atom. The third-order valence-corrected chi connectivity index (χ3v) is 8.01. The van der Waals surface area contributed by atoms with Crippen LogP contribution >= 0.6 is 11.8 Å². The number of aromatic nitrogens is 1. The Morgan fingerprint density at radius 2 is 1.94 bits per heavy atom. The first kappa shape index (κ1) is 22.6. The van der Waals surface area contributed by atoms with Gasteiger partial charge in [-0.05, 0) is 42.5 Å². The fourth-order valence-electron chi connectivity index (χ4n) is 4.24. The fraction of sp³-hybridized carbons (Fsp3) is 0.192. The highest BCUT2D eigenvalue weighted by Crippen LogP contribution is 2.37. The second-order valence-electron chi connectivity index (χ2n) is 8.19. The highest BCUT2D eigenvalue weighted by molar-refractivity contribution is 7.99. The van der Waals surface area contributed by atoms with E-state index in [2.05, 4.69) is 56.5 Å². The van der Waals surface area contributed by atoms with Crippen LogP contribution in [-0.4, -0.2) is 45.0 Å². The van der Waals surface area contributed by atoms with Gasteiger partial charge in [-0.3, -0.25) is 4.98 Å². The molecule has 34 heavy (non-hydrogen) atoms. The number of hydrogen-bond acceptors (Lipinski definition) is 7. The summed E-state index contributed by atoms with van der Waals surface area (Å²) >= 11 is 1.88. The predicted octanol–water partition coefficient (Wildman–Crippen LogP) is 4.61. The molecule has 174 valence electrons. The van der Waals surface area contributed by atoms with E-state index < -0.39 is 9.84 Å². The third-order valence-electron chi connectivity index (χ3n) is 5.85. The molecule has 1 aromatic heterocycles. The molecule has 3 aromatic rings. The van der Waals surface area contributed by atoms with Crippen molar-refractivity contribution in [3.05, 3.63) is 96.6 Å². The molecule has 8 heteroatoms. The van der Waals surface area contributed by atoms with E-state index in [4.69, 9.17) is 0 Å². The van der Waals surface area contributed by atoms with Crippen molar-refractivity contribution < 1.29 is 8.42 Å². The number of thioether (sulfide) groups is 1. The van der Waals surface area contributed by atoms with Crippen LogP contribution < -0.4 is 15.1 Å². The average Bonchev–Trinajstić information content (AvgIpc) is 2.87. The molecule has 3 heterocycles. The van der Waals surface area contributed by atoms with Crippen molar-refractivity contribution in [2.75, 3.05) is 41.4 Å². The number of pyridine rings is 1. The van der Waals surface area contributed by atoms with E-state index in [1.807, 2.05) is 30.0 Å². The van der Waals surface area contributed by atoms with Gasteiger partial charge < -0.3 is 15.1 Å². The molecule has 0 fully saturated rings. The number of sulfone groups is 1. The maximum Gasteiger partial charge on any atom is 0.175 e. The van der Waals surface area contributed by atoms with E-state index in [1.165, 1.54) is 16.8 Å².